The summed E-state index contributed by atoms with van der Waals surface area (Å²) in [5.41, 5.74) is 0.393. The molecule has 2 rings (SSSR count). The van der Waals surface area contributed by atoms with E-state index in [0.29, 0.717) is 17.4 Å². The molecule has 1 saturated carbocycles. The van der Waals surface area contributed by atoms with Crippen LogP contribution in [0.5, 0.6) is 0 Å². The van der Waals surface area contributed by atoms with Crippen molar-refractivity contribution in [3.63, 3.8) is 0 Å². The minimum atomic E-state index is 0.0694. The Morgan fingerprint density at radius 2 is 2.16 bits per heavy atom. The molecule has 1 heterocycles. The van der Waals surface area contributed by atoms with Gasteiger partial charge in [-0.05, 0) is 38.0 Å². The molecule has 0 aromatic carbocycles. The second kappa shape index (κ2) is 5.82. The van der Waals surface area contributed by atoms with Crippen LogP contribution in [-0.2, 0) is 4.79 Å². The Hall–Kier alpha value is -0.570. The van der Waals surface area contributed by atoms with E-state index in [0.717, 1.165) is 25.7 Å². The molecule has 3 atom stereocenters. The minimum absolute atomic E-state index is 0.0694. The first-order chi connectivity index (χ1) is 8.94. The molecule has 0 aromatic rings. The molecule has 3 heteroatoms. The van der Waals surface area contributed by atoms with Gasteiger partial charge in [-0.3, -0.25) is 10.1 Å². The summed E-state index contributed by atoms with van der Waals surface area (Å²) >= 11 is 0. The highest BCUT2D eigenvalue weighted by Crippen LogP contribution is 2.38. The molecule has 2 fully saturated rings. The van der Waals surface area contributed by atoms with E-state index in [4.69, 9.17) is 0 Å². The van der Waals surface area contributed by atoms with E-state index in [-0.39, 0.29) is 12.2 Å². The summed E-state index contributed by atoms with van der Waals surface area (Å²) in [6, 6.07) is 0.519. The monoisotopic (exact) mass is 266 g/mol. The average Bonchev–Trinajstić information content (AvgIpc) is 2.60. The maximum atomic E-state index is 12.6. The average molecular weight is 266 g/mol. The molecule has 0 bridgehead atoms. The molecule has 1 aliphatic carbocycles. The molecule has 110 valence electrons. The number of hydrogen-bond donors (Lipinski definition) is 1. The number of amides is 1. The molecular formula is C16H30N2O. The van der Waals surface area contributed by atoms with E-state index in [2.05, 4.69) is 37.9 Å². The fraction of sp³-hybridized carbons (Fsp3) is 0.938. The fourth-order valence-electron chi connectivity index (χ4n) is 3.82. The highest BCUT2D eigenvalue weighted by atomic mass is 16.2. The highest BCUT2D eigenvalue weighted by molar-refractivity contribution is 5.84. The minimum Gasteiger partial charge on any atom is -0.323 e. The lowest BCUT2D eigenvalue weighted by atomic mass is 9.74. The summed E-state index contributed by atoms with van der Waals surface area (Å²) in [6.07, 6.45) is 8.41. The molecule has 0 spiro atoms. The molecule has 0 aromatic heterocycles. The van der Waals surface area contributed by atoms with Crippen molar-refractivity contribution in [2.24, 2.45) is 5.41 Å². The van der Waals surface area contributed by atoms with Gasteiger partial charge < -0.3 is 4.90 Å². The zero-order valence-electron chi connectivity index (χ0n) is 13.0. The Balaban J connectivity index is 2.01. The normalized spacial score (nSPS) is 34.8. The molecule has 3 unspecified atom stereocenters. The molecule has 1 saturated heterocycles. The first-order valence-corrected chi connectivity index (χ1v) is 8.03. The van der Waals surface area contributed by atoms with Crippen molar-refractivity contribution in [2.45, 2.75) is 90.9 Å². The summed E-state index contributed by atoms with van der Waals surface area (Å²) in [5, 5.41) is 3.49. The predicted molar refractivity (Wildman–Crippen MR) is 78.8 cm³/mol. The largest absolute Gasteiger partial charge is 0.323 e. The highest BCUT2D eigenvalue weighted by Gasteiger charge is 2.42. The van der Waals surface area contributed by atoms with Gasteiger partial charge in [-0.25, -0.2) is 0 Å². The number of rotatable bonds is 4. The Bertz CT molecular complexity index is 327. The van der Waals surface area contributed by atoms with Gasteiger partial charge in [0.25, 0.3) is 0 Å². The number of nitrogens with zero attached hydrogens (tertiary/aromatic N) is 1. The molecule has 3 nitrogen and oxygen atoms in total. The van der Waals surface area contributed by atoms with E-state index >= 15 is 0 Å². The van der Waals surface area contributed by atoms with Crippen LogP contribution in [-0.4, -0.2) is 29.1 Å². The lowest BCUT2D eigenvalue weighted by Gasteiger charge is -2.41. The van der Waals surface area contributed by atoms with Crippen molar-refractivity contribution in [1.29, 1.82) is 0 Å². The Kier molecular flexibility index (Phi) is 4.54. The van der Waals surface area contributed by atoms with Gasteiger partial charge in [0.2, 0.25) is 5.91 Å². The van der Waals surface area contributed by atoms with Crippen molar-refractivity contribution in [2.75, 3.05) is 0 Å². The van der Waals surface area contributed by atoms with Gasteiger partial charge in [0.15, 0.2) is 0 Å². The van der Waals surface area contributed by atoms with Crippen molar-refractivity contribution < 1.29 is 4.79 Å². The molecule has 1 amide bonds. The summed E-state index contributed by atoms with van der Waals surface area (Å²) in [4.78, 5) is 14.7. The van der Waals surface area contributed by atoms with Gasteiger partial charge in [-0.15, -0.1) is 0 Å². The molecule has 0 radical (unpaired) electrons. The van der Waals surface area contributed by atoms with Crippen LogP contribution >= 0.6 is 0 Å². The zero-order valence-corrected chi connectivity index (χ0v) is 13.0. The Morgan fingerprint density at radius 1 is 1.42 bits per heavy atom. The van der Waals surface area contributed by atoms with Gasteiger partial charge >= 0.3 is 0 Å². The molecule has 1 aliphatic heterocycles. The van der Waals surface area contributed by atoms with Crippen LogP contribution < -0.4 is 5.32 Å². The maximum Gasteiger partial charge on any atom is 0.241 e. The lowest BCUT2D eigenvalue weighted by Crippen LogP contribution is -2.46. The van der Waals surface area contributed by atoms with Crippen LogP contribution in [0.4, 0.5) is 0 Å². The van der Waals surface area contributed by atoms with E-state index in [1.54, 1.807) is 0 Å². The van der Waals surface area contributed by atoms with Crippen molar-refractivity contribution >= 4 is 5.91 Å². The molecule has 19 heavy (non-hydrogen) atoms. The Labute approximate surface area is 118 Å². The van der Waals surface area contributed by atoms with Gasteiger partial charge in [-0.1, -0.05) is 40.0 Å². The zero-order chi connectivity index (χ0) is 14.0. The van der Waals surface area contributed by atoms with E-state index in [1.807, 2.05) is 0 Å². The quantitative estimate of drug-likeness (QED) is 0.847. The first-order valence-electron chi connectivity index (χ1n) is 8.03. The third-order valence-corrected chi connectivity index (χ3v) is 4.83. The third kappa shape index (κ3) is 3.31. The van der Waals surface area contributed by atoms with Crippen LogP contribution in [0.2, 0.25) is 0 Å². The van der Waals surface area contributed by atoms with E-state index in [9.17, 15) is 4.79 Å². The predicted octanol–water partition coefficient (Wildman–Crippen LogP) is 3.29. The summed E-state index contributed by atoms with van der Waals surface area (Å²) in [6.45, 7) is 9.01. The molecule has 2 aliphatic rings. The van der Waals surface area contributed by atoms with E-state index in [1.165, 1.54) is 19.3 Å². The number of unbranched alkanes of at least 4 members (excludes halogenated alkanes) is 1. The van der Waals surface area contributed by atoms with Crippen LogP contribution in [0, 0.1) is 5.41 Å². The van der Waals surface area contributed by atoms with Crippen molar-refractivity contribution in [3.05, 3.63) is 0 Å². The SMILES string of the molecule is CCCCC1NC(C)N(C2CCCC(C)(C)C2)C1=O. The fourth-order valence-corrected chi connectivity index (χ4v) is 3.82. The van der Waals surface area contributed by atoms with Gasteiger partial charge in [-0.2, -0.15) is 0 Å². The second-order valence-corrected chi connectivity index (χ2v) is 7.20. The number of carbonyl (C=O) groups excluding carboxylic acids is 1. The Morgan fingerprint density at radius 3 is 2.79 bits per heavy atom. The van der Waals surface area contributed by atoms with Crippen LogP contribution in [0.25, 0.3) is 0 Å². The summed E-state index contributed by atoms with van der Waals surface area (Å²) < 4.78 is 0. The second-order valence-electron chi connectivity index (χ2n) is 7.20. The first kappa shape index (κ1) is 14.8. The van der Waals surface area contributed by atoms with Crippen LogP contribution in [0.1, 0.15) is 72.6 Å². The third-order valence-electron chi connectivity index (χ3n) is 4.83. The lowest BCUT2D eigenvalue weighted by molar-refractivity contribution is -0.133. The number of carbonyl (C=O) groups is 1. The maximum absolute atomic E-state index is 12.6. The van der Waals surface area contributed by atoms with Crippen molar-refractivity contribution in [3.8, 4) is 0 Å². The standard InChI is InChI=1S/C16H30N2O/c1-5-6-9-14-15(19)18(12(2)17-14)13-8-7-10-16(3,4)11-13/h12-14,17H,5-11H2,1-4H3. The summed E-state index contributed by atoms with van der Waals surface area (Å²) in [5.74, 6) is 0.351. The van der Waals surface area contributed by atoms with Crippen LogP contribution in [0.3, 0.4) is 0 Å². The van der Waals surface area contributed by atoms with E-state index < -0.39 is 0 Å². The smallest absolute Gasteiger partial charge is 0.241 e. The van der Waals surface area contributed by atoms with Crippen LogP contribution in [0.15, 0.2) is 0 Å². The van der Waals surface area contributed by atoms with Crippen molar-refractivity contribution in [1.82, 2.24) is 10.2 Å². The number of hydrogen-bond acceptors (Lipinski definition) is 2. The van der Waals surface area contributed by atoms with Gasteiger partial charge in [0.1, 0.15) is 0 Å². The van der Waals surface area contributed by atoms with Gasteiger partial charge in [0.05, 0.1) is 12.2 Å². The van der Waals surface area contributed by atoms with Gasteiger partial charge in [0, 0.05) is 6.04 Å². The number of nitrogens with one attached hydrogen (secondary N) is 1. The molecular weight excluding hydrogens is 236 g/mol. The molecule has 1 N–H and O–H groups in total. The summed E-state index contributed by atoms with van der Waals surface area (Å²) in [7, 11) is 0. The topological polar surface area (TPSA) is 32.3 Å².